The predicted molar refractivity (Wildman–Crippen MR) is 259 cm³/mol. The number of esters is 2. The lowest BCUT2D eigenvalue weighted by Gasteiger charge is -2.48. The van der Waals surface area contributed by atoms with Crippen LogP contribution >= 0.6 is 0 Å². The Hall–Kier alpha value is -4.38. The average molecular weight is 1010 g/mol. The topological polar surface area (TPSA) is 261 Å². The maximum Gasteiger partial charge on any atom is 0.327 e. The molecule has 0 unspecified atom stereocenters. The molecule has 0 radical (unpaired) electrons. The standard InChI is InChI=1S/C53H75N3O16/c1-6-8-10-22-52(23-11-9-7-2)70-43-37-27-53(50(65)54-28-33-16-13-19-35(26-33)47(63)55-36(30-57)20-21-39(59)69-51(3,4)5)45(48(64)67-37)56(72-46(53)44(43)71-52)29-34-17-12-15-32(25-34)18-14-24-66-49-42(62)41(61)40(60)38(31-58)68-49/h12-19,25-26,36-38,40-46,49,57-58,60-62H,6-11,20-24,27-31H2,1-5H3,(H,54,65)(H,55,63)/t36-,37+,38+,40-,41-,42+,43-,44-,45+,46+,49-,53+/m0/s1. The van der Waals surface area contributed by atoms with Crippen LogP contribution in [-0.4, -0.2) is 153 Å². The molecule has 1 aliphatic carbocycles. The Balaban J connectivity index is 1.10. The number of aliphatic hydroxyl groups excluding tert-OH is 5. The van der Waals surface area contributed by atoms with Crippen LogP contribution < -0.4 is 10.6 Å². The molecule has 1 saturated carbocycles. The van der Waals surface area contributed by atoms with Crippen molar-refractivity contribution >= 4 is 29.8 Å². The van der Waals surface area contributed by atoms with Crippen molar-refractivity contribution in [3.63, 3.8) is 0 Å². The Labute approximate surface area is 421 Å². The van der Waals surface area contributed by atoms with E-state index in [4.69, 9.17) is 33.3 Å². The molecule has 5 aliphatic rings. The molecule has 398 valence electrons. The highest BCUT2D eigenvalue weighted by Crippen LogP contribution is 2.58. The molecule has 72 heavy (non-hydrogen) atoms. The number of unbranched alkanes of at least 4 members (excludes halogenated alkanes) is 4. The molecule has 2 aromatic carbocycles. The Bertz CT molecular complexity index is 2190. The lowest BCUT2D eigenvalue weighted by atomic mass is 9.62. The van der Waals surface area contributed by atoms with Crippen LogP contribution in [0.1, 0.15) is 132 Å². The summed E-state index contributed by atoms with van der Waals surface area (Å²) in [4.78, 5) is 62.2. The molecule has 2 aromatic rings. The molecule has 12 atom stereocenters. The van der Waals surface area contributed by atoms with Crippen LogP contribution in [0.2, 0.25) is 0 Å². The van der Waals surface area contributed by atoms with E-state index in [0.29, 0.717) is 18.4 Å². The van der Waals surface area contributed by atoms with E-state index < -0.39 is 114 Å². The van der Waals surface area contributed by atoms with E-state index >= 15 is 4.79 Å². The molecule has 4 aliphatic heterocycles. The van der Waals surface area contributed by atoms with Crippen molar-refractivity contribution < 1.29 is 78.0 Å². The second kappa shape index (κ2) is 24.3. The van der Waals surface area contributed by atoms with E-state index in [1.807, 2.05) is 24.3 Å². The molecule has 2 amide bonds. The summed E-state index contributed by atoms with van der Waals surface area (Å²) in [5.74, 6) is -2.92. The fraction of sp³-hybridized carbons (Fsp3) is 0.660. The molecule has 7 rings (SSSR count). The van der Waals surface area contributed by atoms with Crippen LogP contribution in [-0.2, 0) is 60.7 Å². The van der Waals surface area contributed by atoms with Crippen LogP contribution in [0, 0.1) is 5.41 Å². The minimum absolute atomic E-state index is 0.000827. The number of carbonyl (C=O) groups is 4. The zero-order valence-electron chi connectivity index (χ0n) is 42.1. The highest BCUT2D eigenvalue weighted by molar-refractivity contribution is 5.95. The minimum atomic E-state index is -1.57. The third-order valence-corrected chi connectivity index (χ3v) is 14.1. The van der Waals surface area contributed by atoms with Gasteiger partial charge in [-0.05, 0) is 68.9 Å². The highest BCUT2D eigenvalue weighted by atomic mass is 16.8. The van der Waals surface area contributed by atoms with Crippen LogP contribution in [0.4, 0.5) is 0 Å². The van der Waals surface area contributed by atoms with Gasteiger partial charge in [0.25, 0.3) is 5.91 Å². The first-order valence-electron chi connectivity index (χ1n) is 25.6. The van der Waals surface area contributed by atoms with Gasteiger partial charge in [-0.1, -0.05) is 88.1 Å². The van der Waals surface area contributed by atoms with Crippen LogP contribution in [0.15, 0.2) is 54.6 Å². The molecular formula is C53H75N3O16. The predicted octanol–water partition coefficient (Wildman–Crippen LogP) is 3.49. The number of fused-ring (bicyclic) bond motifs is 4. The van der Waals surface area contributed by atoms with Gasteiger partial charge in [0.1, 0.15) is 59.8 Å². The fourth-order valence-corrected chi connectivity index (χ4v) is 10.5. The summed E-state index contributed by atoms with van der Waals surface area (Å²) in [7, 11) is 0. The molecule has 4 heterocycles. The maximum atomic E-state index is 15.2. The largest absolute Gasteiger partial charge is 0.460 e. The van der Waals surface area contributed by atoms with Gasteiger partial charge in [0.05, 0.1) is 32.4 Å². The second-order valence-corrected chi connectivity index (χ2v) is 20.8. The van der Waals surface area contributed by atoms with Gasteiger partial charge in [-0.15, -0.1) is 0 Å². The van der Waals surface area contributed by atoms with Gasteiger partial charge in [0, 0.05) is 37.8 Å². The molecule has 2 bridgehead atoms. The molecule has 7 N–H and O–H groups in total. The van der Waals surface area contributed by atoms with Crippen molar-refractivity contribution in [1.29, 1.82) is 0 Å². The summed E-state index contributed by atoms with van der Waals surface area (Å²) in [5, 5.41) is 57.6. The smallest absolute Gasteiger partial charge is 0.327 e. The lowest BCUT2D eigenvalue weighted by molar-refractivity contribution is -0.298. The van der Waals surface area contributed by atoms with Gasteiger partial charge in [0.2, 0.25) is 5.91 Å². The average Bonchev–Trinajstić information content (AvgIpc) is 3.91. The molecule has 19 heteroatoms. The van der Waals surface area contributed by atoms with Crippen LogP contribution in [0.5, 0.6) is 0 Å². The van der Waals surface area contributed by atoms with E-state index in [9.17, 15) is 39.9 Å². The Morgan fingerprint density at radius 2 is 1.62 bits per heavy atom. The lowest BCUT2D eigenvalue weighted by Crippen LogP contribution is -2.69. The van der Waals surface area contributed by atoms with Crippen molar-refractivity contribution in [1.82, 2.24) is 15.7 Å². The van der Waals surface area contributed by atoms with E-state index in [-0.39, 0.29) is 51.1 Å². The summed E-state index contributed by atoms with van der Waals surface area (Å²) in [5.41, 5.74) is 0.245. The van der Waals surface area contributed by atoms with E-state index in [1.54, 1.807) is 57.2 Å². The third-order valence-electron chi connectivity index (χ3n) is 14.1. The number of carbonyl (C=O) groups excluding carboxylic acids is 4. The molecule has 0 aromatic heterocycles. The highest BCUT2D eigenvalue weighted by Gasteiger charge is 2.76. The van der Waals surface area contributed by atoms with Gasteiger partial charge in [-0.3, -0.25) is 24.0 Å². The van der Waals surface area contributed by atoms with Gasteiger partial charge < -0.3 is 64.6 Å². The first-order chi connectivity index (χ1) is 34.4. The van der Waals surface area contributed by atoms with Crippen LogP contribution in [0.25, 0.3) is 6.08 Å². The first-order valence-corrected chi connectivity index (χ1v) is 25.6. The summed E-state index contributed by atoms with van der Waals surface area (Å²) in [6, 6.07) is 12.3. The maximum absolute atomic E-state index is 15.2. The molecule has 19 nitrogen and oxygen atoms in total. The Kier molecular flexibility index (Phi) is 18.7. The molecule has 4 saturated heterocycles. The van der Waals surface area contributed by atoms with Crippen molar-refractivity contribution in [3.05, 3.63) is 76.9 Å². The van der Waals surface area contributed by atoms with Gasteiger partial charge in [-0.25, -0.2) is 0 Å². The number of rotatable bonds is 24. The SMILES string of the molecule is CCCCCC1(CCCCC)O[C@@H]2[C@H](O1)[C@H]1ON(Cc3cccc(C=CCO[C@H]4O[C@H](CO)[C@H](O)[C@H](O)[C@H]4O)c3)[C@@H]3C(=O)O[C@@H]2C[C@]13C(=O)NCc1cccc(C(=O)N[C@H](CO)CCC(=O)OC(C)(C)C)c1. The van der Waals surface area contributed by atoms with E-state index in [0.717, 1.165) is 49.7 Å². The summed E-state index contributed by atoms with van der Waals surface area (Å²) in [6.45, 7) is 8.64. The fourth-order valence-electron chi connectivity index (χ4n) is 10.5. The normalized spacial score (nSPS) is 30.2. The number of nitrogens with one attached hydrogen (secondary N) is 2. The molecule has 0 spiro atoms. The summed E-state index contributed by atoms with van der Waals surface area (Å²) in [6.07, 6.45) is 0.574. The van der Waals surface area contributed by atoms with Gasteiger partial charge >= 0.3 is 11.9 Å². The number of hydroxylamine groups is 2. The van der Waals surface area contributed by atoms with Crippen molar-refractivity contribution in [2.45, 2.75) is 197 Å². The number of hydrogen-bond acceptors (Lipinski definition) is 17. The number of hydrogen-bond donors (Lipinski definition) is 7. The number of aliphatic hydroxyl groups is 5. The summed E-state index contributed by atoms with van der Waals surface area (Å²) >= 11 is 0. The number of amides is 2. The third kappa shape index (κ3) is 12.7. The first kappa shape index (κ1) is 55.4. The van der Waals surface area contributed by atoms with Gasteiger partial charge in [0.15, 0.2) is 18.1 Å². The van der Waals surface area contributed by atoms with Crippen molar-refractivity contribution in [2.24, 2.45) is 5.41 Å². The zero-order chi connectivity index (χ0) is 51.8. The Morgan fingerprint density at radius 3 is 2.32 bits per heavy atom. The number of benzene rings is 2. The van der Waals surface area contributed by atoms with Crippen molar-refractivity contribution in [2.75, 3.05) is 19.8 Å². The second-order valence-electron chi connectivity index (χ2n) is 20.8. The van der Waals surface area contributed by atoms with Gasteiger partial charge in [-0.2, -0.15) is 5.06 Å². The van der Waals surface area contributed by atoms with Crippen LogP contribution in [0.3, 0.4) is 0 Å². The van der Waals surface area contributed by atoms with E-state index in [2.05, 4.69) is 24.5 Å². The molecular weight excluding hydrogens is 935 g/mol. The quantitative estimate of drug-likeness (QED) is 0.0587. The minimum Gasteiger partial charge on any atom is -0.460 e. The van der Waals surface area contributed by atoms with Crippen molar-refractivity contribution in [3.8, 4) is 0 Å². The number of ether oxygens (including phenoxy) is 6. The summed E-state index contributed by atoms with van der Waals surface area (Å²) < 4.78 is 36.6. The van der Waals surface area contributed by atoms with E-state index in [1.165, 1.54) is 5.06 Å². The Morgan fingerprint density at radius 1 is 0.917 bits per heavy atom. The number of nitrogens with zero attached hydrogens (tertiary/aromatic N) is 1. The monoisotopic (exact) mass is 1010 g/mol. The zero-order valence-corrected chi connectivity index (χ0v) is 42.1. The molecule has 5 fully saturated rings.